The molecule has 8 nitrogen and oxygen atoms in total. The van der Waals surface area contributed by atoms with Gasteiger partial charge in [-0.15, -0.1) is 0 Å². The van der Waals surface area contributed by atoms with Crippen LogP contribution in [0.3, 0.4) is 0 Å². The standard InChI is InChI=1S/C15H22N2O6S/c1-10(2)13(15(19)20)17-24(21,22)12-6-4-5-11(9-12)14(18)16-7-8-23-3/h4-6,9-10,13,17H,7-8H2,1-3H3,(H,16,18)(H,19,20)/t13-/m0/s1. The Morgan fingerprint density at radius 2 is 1.96 bits per heavy atom. The summed E-state index contributed by atoms with van der Waals surface area (Å²) < 4.78 is 31.7. The number of aliphatic carboxylic acids is 1. The maximum absolute atomic E-state index is 12.4. The molecule has 1 aromatic rings. The molecule has 1 amide bonds. The van der Waals surface area contributed by atoms with Crippen molar-refractivity contribution in [2.75, 3.05) is 20.3 Å². The Balaban J connectivity index is 2.98. The van der Waals surface area contributed by atoms with Crippen molar-refractivity contribution in [3.63, 3.8) is 0 Å². The van der Waals surface area contributed by atoms with E-state index in [2.05, 4.69) is 10.0 Å². The van der Waals surface area contributed by atoms with E-state index in [1.54, 1.807) is 13.8 Å². The number of methoxy groups -OCH3 is 1. The molecule has 9 heteroatoms. The van der Waals surface area contributed by atoms with Gasteiger partial charge in [0, 0.05) is 19.2 Å². The van der Waals surface area contributed by atoms with Gasteiger partial charge in [0.1, 0.15) is 6.04 Å². The van der Waals surface area contributed by atoms with Crippen LogP contribution in [0.2, 0.25) is 0 Å². The molecule has 0 fully saturated rings. The van der Waals surface area contributed by atoms with Gasteiger partial charge in [-0.05, 0) is 24.1 Å². The van der Waals surface area contributed by atoms with Crippen molar-refractivity contribution in [1.29, 1.82) is 0 Å². The average molecular weight is 358 g/mol. The predicted octanol–water partition coefficient (Wildman–Crippen LogP) is 0.450. The number of benzene rings is 1. The molecule has 0 bridgehead atoms. The zero-order valence-electron chi connectivity index (χ0n) is 13.8. The second-order valence-electron chi connectivity index (χ2n) is 5.46. The summed E-state index contributed by atoms with van der Waals surface area (Å²) in [5.41, 5.74) is 0.158. The predicted molar refractivity (Wildman–Crippen MR) is 87.2 cm³/mol. The minimum Gasteiger partial charge on any atom is -0.480 e. The van der Waals surface area contributed by atoms with Crippen LogP contribution in [-0.4, -0.2) is 51.7 Å². The highest BCUT2D eigenvalue weighted by molar-refractivity contribution is 7.89. The minimum absolute atomic E-state index is 0.158. The number of hydrogen-bond donors (Lipinski definition) is 3. The molecule has 1 atom stereocenters. The van der Waals surface area contributed by atoms with E-state index in [4.69, 9.17) is 9.84 Å². The second-order valence-corrected chi connectivity index (χ2v) is 7.17. The Hall–Kier alpha value is -1.97. The molecule has 24 heavy (non-hydrogen) atoms. The van der Waals surface area contributed by atoms with Gasteiger partial charge in [-0.1, -0.05) is 19.9 Å². The van der Waals surface area contributed by atoms with E-state index in [0.29, 0.717) is 13.2 Å². The number of ether oxygens (including phenoxy) is 1. The number of carbonyl (C=O) groups is 2. The summed E-state index contributed by atoms with van der Waals surface area (Å²) in [6, 6.07) is 4.13. The summed E-state index contributed by atoms with van der Waals surface area (Å²) >= 11 is 0. The van der Waals surface area contributed by atoms with Crippen LogP contribution in [0, 0.1) is 5.92 Å². The maximum Gasteiger partial charge on any atom is 0.322 e. The van der Waals surface area contributed by atoms with Crippen molar-refractivity contribution in [1.82, 2.24) is 10.0 Å². The summed E-state index contributed by atoms with van der Waals surface area (Å²) in [4.78, 5) is 23.0. The van der Waals surface area contributed by atoms with Crippen molar-refractivity contribution >= 4 is 21.9 Å². The van der Waals surface area contributed by atoms with Crippen LogP contribution in [0.15, 0.2) is 29.2 Å². The Bertz CT molecular complexity index is 687. The lowest BCUT2D eigenvalue weighted by Gasteiger charge is -2.18. The van der Waals surface area contributed by atoms with Crippen molar-refractivity contribution in [3.05, 3.63) is 29.8 Å². The lowest BCUT2D eigenvalue weighted by molar-refractivity contribution is -0.140. The molecule has 3 N–H and O–H groups in total. The van der Waals surface area contributed by atoms with Crippen LogP contribution >= 0.6 is 0 Å². The molecular weight excluding hydrogens is 336 g/mol. The topological polar surface area (TPSA) is 122 Å². The third-order valence-electron chi connectivity index (χ3n) is 3.21. The fourth-order valence-electron chi connectivity index (χ4n) is 1.88. The number of hydrogen-bond acceptors (Lipinski definition) is 5. The molecule has 0 aromatic heterocycles. The molecule has 0 aliphatic carbocycles. The second kappa shape index (κ2) is 8.76. The Morgan fingerprint density at radius 3 is 2.50 bits per heavy atom. The van der Waals surface area contributed by atoms with Crippen molar-refractivity contribution in [3.8, 4) is 0 Å². The summed E-state index contributed by atoms with van der Waals surface area (Å²) in [5, 5.41) is 11.7. The number of rotatable bonds is 9. The zero-order valence-corrected chi connectivity index (χ0v) is 14.6. The van der Waals surface area contributed by atoms with Gasteiger partial charge in [0.05, 0.1) is 11.5 Å². The smallest absolute Gasteiger partial charge is 0.322 e. The van der Waals surface area contributed by atoms with Gasteiger partial charge in [-0.3, -0.25) is 9.59 Å². The zero-order chi connectivity index (χ0) is 18.3. The van der Waals surface area contributed by atoms with Crippen LogP contribution in [0.1, 0.15) is 24.2 Å². The molecule has 0 unspecified atom stereocenters. The highest BCUT2D eigenvalue weighted by atomic mass is 32.2. The fourth-order valence-corrected chi connectivity index (χ4v) is 3.26. The van der Waals surface area contributed by atoms with E-state index in [-0.39, 0.29) is 10.5 Å². The number of carboxylic acid groups (broad SMARTS) is 1. The summed E-state index contributed by atoms with van der Waals surface area (Å²) in [5.74, 6) is -2.14. The van der Waals surface area contributed by atoms with Gasteiger partial charge in [0.15, 0.2) is 0 Å². The molecule has 0 heterocycles. The first-order valence-corrected chi connectivity index (χ1v) is 8.79. The monoisotopic (exact) mass is 358 g/mol. The highest BCUT2D eigenvalue weighted by Crippen LogP contribution is 2.14. The van der Waals surface area contributed by atoms with Crippen molar-refractivity contribution in [2.24, 2.45) is 5.92 Å². The van der Waals surface area contributed by atoms with E-state index < -0.39 is 33.9 Å². The minimum atomic E-state index is -4.07. The van der Waals surface area contributed by atoms with Crippen molar-refractivity contribution < 1.29 is 27.9 Å². The molecule has 0 saturated carbocycles. The molecular formula is C15H22N2O6S. The number of amides is 1. The van der Waals surface area contributed by atoms with Gasteiger partial charge in [-0.25, -0.2) is 8.42 Å². The first kappa shape index (κ1) is 20.1. The third-order valence-corrected chi connectivity index (χ3v) is 4.65. The van der Waals surface area contributed by atoms with Crippen LogP contribution in [0.5, 0.6) is 0 Å². The largest absolute Gasteiger partial charge is 0.480 e. The van der Waals surface area contributed by atoms with Gasteiger partial charge in [0.25, 0.3) is 5.91 Å². The average Bonchev–Trinajstić information content (AvgIpc) is 2.52. The molecule has 134 valence electrons. The maximum atomic E-state index is 12.4. The lowest BCUT2D eigenvalue weighted by atomic mass is 10.1. The van der Waals surface area contributed by atoms with Gasteiger partial charge in [-0.2, -0.15) is 4.72 Å². The van der Waals surface area contributed by atoms with Gasteiger partial charge in [0.2, 0.25) is 10.0 Å². The molecule has 0 saturated heterocycles. The first-order valence-electron chi connectivity index (χ1n) is 7.31. The van der Waals surface area contributed by atoms with E-state index in [0.717, 1.165) is 0 Å². The molecule has 0 radical (unpaired) electrons. The molecule has 1 rings (SSSR count). The van der Waals surface area contributed by atoms with E-state index >= 15 is 0 Å². The summed E-state index contributed by atoms with van der Waals surface area (Å²) in [7, 11) is -2.57. The van der Waals surface area contributed by atoms with Crippen LogP contribution < -0.4 is 10.0 Å². The van der Waals surface area contributed by atoms with Gasteiger partial charge < -0.3 is 15.2 Å². The number of carbonyl (C=O) groups excluding carboxylic acids is 1. The molecule has 1 aromatic carbocycles. The fraction of sp³-hybridized carbons (Fsp3) is 0.467. The van der Waals surface area contributed by atoms with Crippen molar-refractivity contribution in [2.45, 2.75) is 24.8 Å². The van der Waals surface area contributed by atoms with Crippen LogP contribution in [0.25, 0.3) is 0 Å². The van der Waals surface area contributed by atoms with E-state index in [1.165, 1.54) is 31.4 Å². The quantitative estimate of drug-likeness (QED) is 0.551. The van der Waals surface area contributed by atoms with Crippen LogP contribution in [0.4, 0.5) is 0 Å². The van der Waals surface area contributed by atoms with E-state index in [1.807, 2.05) is 0 Å². The molecule has 0 spiro atoms. The van der Waals surface area contributed by atoms with Gasteiger partial charge >= 0.3 is 5.97 Å². The number of nitrogens with one attached hydrogen (secondary N) is 2. The Labute approximate surface area is 141 Å². The Kier molecular flexibility index (Phi) is 7.33. The lowest BCUT2D eigenvalue weighted by Crippen LogP contribution is -2.44. The summed E-state index contributed by atoms with van der Waals surface area (Å²) in [6.45, 7) is 3.82. The molecule has 0 aliphatic rings. The Morgan fingerprint density at radius 1 is 1.29 bits per heavy atom. The highest BCUT2D eigenvalue weighted by Gasteiger charge is 2.28. The number of sulfonamides is 1. The van der Waals surface area contributed by atoms with E-state index in [9.17, 15) is 18.0 Å². The first-order chi connectivity index (χ1) is 11.2. The van der Waals surface area contributed by atoms with Crippen LogP contribution in [-0.2, 0) is 19.6 Å². The molecule has 0 aliphatic heterocycles. The number of carboxylic acids is 1. The summed E-state index contributed by atoms with van der Waals surface area (Å²) in [6.07, 6.45) is 0. The third kappa shape index (κ3) is 5.59. The SMILES string of the molecule is COCCNC(=O)c1cccc(S(=O)(=O)N[C@H](C(=O)O)C(C)C)c1. The normalized spacial score (nSPS) is 12.8.